The smallest absolute Gasteiger partial charge is 0.259 e. The second-order valence-electron chi connectivity index (χ2n) is 5.14. The lowest BCUT2D eigenvalue weighted by atomic mass is 10.2. The lowest BCUT2D eigenvalue weighted by molar-refractivity contribution is -0.119. The molecule has 0 aromatic heterocycles. The number of halogens is 2. The Balaban J connectivity index is 1.91. The van der Waals surface area contributed by atoms with Crippen molar-refractivity contribution >= 4 is 49.7 Å². The number of hydrazone groups is 1. The maximum Gasteiger partial charge on any atom is 0.259 e. The Bertz CT molecular complexity index is 787. The third-order valence-corrected chi connectivity index (χ3v) is 5.01. The molecule has 0 radical (unpaired) electrons. The van der Waals surface area contributed by atoms with Crippen LogP contribution in [0, 0.1) is 6.92 Å². The highest BCUT2D eigenvalue weighted by atomic mass is 79.9. The van der Waals surface area contributed by atoms with E-state index in [1.807, 2.05) is 19.1 Å². The zero-order valence-corrected chi connectivity index (χ0v) is 16.8. The topological polar surface area (TPSA) is 83.0 Å². The van der Waals surface area contributed by atoms with Crippen molar-refractivity contribution in [3.63, 3.8) is 0 Å². The fourth-order valence-corrected chi connectivity index (χ4v) is 3.09. The van der Waals surface area contributed by atoms with E-state index in [9.17, 15) is 9.90 Å². The molecular weight excluding hydrogens is 454 g/mol. The Morgan fingerprint density at radius 3 is 2.60 bits per heavy atom. The first-order chi connectivity index (χ1) is 11.9. The number of nitrogens with one attached hydrogen (secondary N) is 2. The minimum Gasteiger partial charge on any atom is -0.507 e. The number of ether oxygens (including phenoxy) is 1. The number of hydrogen-bond acceptors (Lipinski definition) is 5. The molecule has 2 aromatic carbocycles. The summed E-state index contributed by atoms with van der Waals surface area (Å²) in [6, 6.07) is 8.53. The highest BCUT2D eigenvalue weighted by Crippen LogP contribution is 2.28. The van der Waals surface area contributed by atoms with Gasteiger partial charge in [-0.15, -0.1) is 0 Å². The summed E-state index contributed by atoms with van der Waals surface area (Å²) in [7, 11) is 1.53. The van der Waals surface area contributed by atoms with Crippen LogP contribution in [-0.2, 0) is 4.79 Å². The molecule has 0 heterocycles. The number of carbonyl (C=O) groups is 1. The molecule has 3 N–H and O–H groups in total. The Kier molecular flexibility index (Phi) is 6.83. The van der Waals surface area contributed by atoms with Crippen molar-refractivity contribution in [1.82, 2.24) is 5.43 Å². The Hall–Kier alpha value is -2.06. The molecule has 0 atom stereocenters. The van der Waals surface area contributed by atoms with Gasteiger partial charge in [-0.1, -0.05) is 31.9 Å². The van der Waals surface area contributed by atoms with Gasteiger partial charge in [0.25, 0.3) is 5.91 Å². The number of nitrogens with zero attached hydrogens (tertiary/aromatic N) is 1. The summed E-state index contributed by atoms with van der Waals surface area (Å²) in [4.78, 5) is 11.9. The van der Waals surface area contributed by atoms with Crippen molar-refractivity contribution in [3.8, 4) is 11.5 Å². The first-order valence-electron chi connectivity index (χ1n) is 7.29. The third kappa shape index (κ3) is 5.47. The largest absolute Gasteiger partial charge is 0.507 e. The summed E-state index contributed by atoms with van der Waals surface area (Å²) < 4.78 is 6.96. The average Bonchev–Trinajstić information content (AvgIpc) is 2.59. The van der Waals surface area contributed by atoms with Crippen LogP contribution in [0.4, 0.5) is 5.69 Å². The van der Waals surface area contributed by atoms with Gasteiger partial charge in [0.05, 0.1) is 19.9 Å². The van der Waals surface area contributed by atoms with E-state index in [4.69, 9.17) is 4.74 Å². The van der Waals surface area contributed by atoms with E-state index < -0.39 is 0 Å². The van der Waals surface area contributed by atoms with Crippen molar-refractivity contribution in [1.29, 1.82) is 0 Å². The molecule has 8 heteroatoms. The number of phenols is 1. The van der Waals surface area contributed by atoms with Crippen molar-refractivity contribution < 1.29 is 14.6 Å². The third-order valence-electron chi connectivity index (χ3n) is 3.36. The highest BCUT2D eigenvalue weighted by Gasteiger charge is 2.05. The van der Waals surface area contributed by atoms with Gasteiger partial charge in [-0.25, -0.2) is 5.43 Å². The number of rotatable bonds is 6. The zero-order chi connectivity index (χ0) is 18.4. The zero-order valence-electron chi connectivity index (χ0n) is 13.6. The van der Waals surface area contributed by atoms with Crippen molar-refractivity contribution in [3.05, 3.63) is 50.4 Å². The quantitative estimate of drug-likeness (QED) is 0.443. The van der Waals surface area contributed by atoms with Crippen LogP contribution < -0.4 is 15.5 Å². The molecule has 1 amide bonds. The fourth-order valence-electron chi connectivity index (χ4n) is 1.91. The van der Waals surface area contributed by atoms with Gasteiger partial charge in [0, 0.05) is 20.2 Å². The van der Waals surface area contributed by atoms with Gasteiger partial charge in [0.15, 0.2) is 0 Å². The lowest BCUT2D eigenvalue weighted by Crippen LogP contribution is -2.25. The fraction of sp³-hybridized carbons (Fsp3) is 0.176. The monoisotopic (exact) mass is 469 g/mol. The maximum atomic E-state index is 11.9. The summed E-state index contributed by atoms with van der Waals surface area (Å²) in [6.07, 6.45) is 1.36. The molecule has 0 fully saturated rings. The number of phenolic OH excluding ortho intramolecular Hbond substituents is 1. The Morgan fingerprint density at radius 1 is 1.28 bits per heavy atom. The van der Waals surface area contributed by atoms with Crippen molar-refractivity contribution in [2.45, 2.75) is 6.92 Å². The molecule has 0 aliphatic rings. The van der Waals surface area contributed by atoms with E-state index in [1.54, 1.807) is 12.1 Å². The van der Waals surface area contributed by atoms with Crippen LogP contribution in [0.15, 0.2) is 44.4 Å². The highest BCUT2D eigenvalue weighted by molar-refractivity contribution is 9.11. The van der Waals surface area contributed by atoms with Crippen LogP contribution in [0.25, 0.3) is 0 Å². The van der Waals surface area contributed by atoms with Crippen LogP contribution in [-0.4, -0.2) is 30.9 Å². The van der Waals surface area contributed by atoms with Gasteiger partial charge >= 0.3 is 0 Å². The lowest BCUT2D eigenvalue weighted by Gasteiger charge is -2.09. The molecule has 132 valence electrons. The number of amides is 1. The normalized spacial score (nSPS) is 10.7. The Labute approximate surface area is 162 Å². The van der Waals surface area contributed by atoms with Crippen LogP contribution in [0.3, 0.4) is 0 Å². The van der Waals surface area contributed by atoms with Gasteiger partial charge in [0.2, 0.25) is 0 Å². The molecule has 0 bridgehead atoms. The predicted octanol–water partition coefficient (Wildman–Crippen LogP) is 3.80. The number of aromatic hydroxyl groups is 1. The van der Waals surface area contributed by atoms with Crippen LogP contribution in [0.1, 0.15) is 11.1 Å². The molecule has 2 aromatic rings. The standard InChI is InChI=1S/C17H17Br2N3O3/c1-10-14(18)6-12(7-15(10)19)20-9-17(24)22-21-8-11-5-13(25-2)3-4-16(11)23/h3-8,20,23H,9H2,1-2H3,(H,22,24). The molecule has 25 heavy (non-hydrogen) atoms. The number of benzene rings is 2. The minimum absolute atomic E-state index is 0.0475. The molecule has 0 saturated carbocycles. The molecule has 0 unspecified atom stereocenters. The summed E-state index contributed by atoms with van der Waals surface area (Å²) in [6.45, 7) is 2.04. The average molecular weight is 471 g/mol. The molecular formula is C17H17Br2N3O3. The van der Waals surface area contributed by atoms with Crippen LogP contribution in [0.2, 0.25) is 0 Å². The van der Waals surface area contributed by atoms with Crippen LogP contribution in [0.5, 0.6) is 11.5 Å². The van der Waals surface area contributed by atoms with Gasteiger partial charge in [-0.05, 0) is 42.8 Å². The van der Waals surface area contributed by atoms with E-state index in [0.29, 0.717) is 11.3 Å². The van der Waals surface area contributed by atoms with Gasteiger partial charge < -0.3 is 15.2 Å². The molecule has 2 rings (SSSR count). The predicted molar refractivity (Wildman–Crippen MR) is 105 cm³/mol. The summed E-state index contributed by atoms with van der Waals surface area (Å²) in [5.41, 5.74) is 4.72. The number of hydrogen-bond donors (Lipinski definition) is 3. The molecule has 6 nitrogen and oxygen atoms in total. The summed E-state index contributed by atoms with van der Waals surface area (Å²) >= 11 is 6.92. The van der Waals surface area contributed by atoms with Crippen molar-refractivity contribution in [2.24, 2.45) is 5.10 Å². The number of anilines is 1. The van der Waals surface area contributed by atoms with E-state index in [-0.39, 0.29) is 18.2 Å². The SMILES string of the molecule is COc1ccc(O)c(C=NNC(=O)CNc2cc(Br)c(C)c(Br)c2)c1. The summed E-state index contributed by atoms with van der Waals surface area (Å²) in [5.74, 6) is 0.320. The number of methoxy groups -OCH3 is 1. The second-order valence-corrected chi connectivity index (χ2v) is 6.85. The van der Waals surface area contributed by atoms with E-state index >= 15 is 0 Å². The van der Waals surface area contributed by atoms with E-state index in [0.717, 1.165) is 20.2 Å². The van der Waals surface area contributed by atoms with Crippen LogP contribution >= 0.6 is 31.9 Å². The van der Waals surface area contributed by atoms with Gasteiger partial charge in [0.1, 0.15) is 11.5 Å². The molecule has 0 aliphatic heterocycles. The first-order valence-corrected chi connectivity index (χ1v) is 8.87. The van der Waals surface area contributed by atoms with E-state index in [1.165, 1.54) is 19.4 Å². The van der Waals surface area contributed by atoms with Gasteiger partial charge in [-0.3, -0.25) is 4.79 Å². The Morgan fingerprint density at radius 2 is 1.96 bits per heavy atom. The second kappa shape index (κ2) is 8.87. The van der Waals surface area contributed by atoms with Crippen molar-refractivity contribution in [2.75, 3.05) is 19.0 Å². The minimum atomic E-state index is -0.313. The van der Waals surface area contributed by atoms with E-state index in [2.05, 4.69) is 47.7 Å². The molecule has 0 spiro atoms. The molecule has 0 saturated heterocycles. The maximum absolute atomic E-state index is 11.9. The summed E-state index contributed by atoms with van der Waals surface area (Å²) in [5, 5.41) is 16.6. The number of carbonyl (C=O) groups excluding carboxylic acids is 1. The molecule has 0 aliphatic carbocycles. The van der Waals surface area contributed by atoms with Gasteiger partial charge in [-0.2, -0.15) is 5.10 Å². The first kappa shape index (κ1) is 19.3.